The Morgan fingerprint density at radius 1 is 0.486 bits per heavy atom. The third-order valence-electron chi connectivity index (χ3n) is 7.41. The molecule has 2 N–H and O–H groups in total. The molecule has 0 saturated carbocycles. The predicted octanol–water partition coefficient (Wildman–Crippen LogP) is 9.78. The maximum absolute atomic E-state index is 9.81. The fourth-order valence-corrected chi connectivity index (χ4v) is 4.99. The summed E-state index contributed by atoms with van der Waals surface area (Å²) >= 11 is 0. The molecule has 0 unspecified atom stereocenters. The fraction of sp³-hybridized carbons (Fsp3) is 0.812. The summed E-state index contributed by atoms with van der Waals surface area (Å²) in [7, 11) is 0. The number of phenols is 2. The van der Waals surface area contributed by atoms with Crippen LogP contribution in [0.4, 0.5) is 0 Å². The second-order valence-electron chi connectivity index (χ2n) is 10.8. The van der Waals surface area contributed by atoms with Gasteiger partial charge in [-0.05, 0) is 50.0 Å². The summed E-state index contributed by atoms with van der Waals surface area (Å²) in [5.74, 6) is -0.0280. The molecule has 0 spiro atoms. The fourth-order valence-electron chi connectivity index (χ4n) is 4.99. The first-order valence-electron chi connectivity index (χ1n) is 15.4. The Kier molecular flexibility index (Phi) is 21.1. The molecule has 3 nitrogen and oxygen atoms in total. The molecule has 0 aliphatic heterocycles. The van der Waals surface area contributed by atoms with Gasteiger partial charge in [-0.3, -0.25) is 0 Å². The Balaban J connectivity index is 2.23. The number of rotatable bonds is 25. The summed E-state index contributed by atoms with van der Waals surface area (Å²) in [5.41, 5.74) is 1.11. The number of aromatic hydroxyl groups is 2. The number of nitrogens with zero attached hydrogens (tertiary/aromatic N) is 1. The molecule has 3 heteroatoms. The maximum atomic E-state index is 9.81. The number of phenolic OH excluding ortho intramolecular Hbond substituents is 2. The van der Waals surface area contributed by atoms with Gasteiger partial charge in [0.2, 0.25) is 0 Å². The molecular weight excluding hydrogens is 430 g/mol. The molecule has 1 aromatic carbocycles. The highest BCUT2D eigenvalue weighted by atomic mass is 16.3. The highest BCUT2D eigenvalue weighted by Gasteiger charge is 2.07. The van der Waals surface area contributed by atoms with Gasteiger partial charge in [-0.25, -0.2) is 0 Å². The smallest absolute Gasteiger partial charge is 0.157 e. The Labute approximate surface area is 218 Å². The highest BCUT2D eigenvalue weighted by Crippen LogP contribution is 2.25. The van der Waals surface area contributed by atoms with Gasteiger partial charge in [-0.15, -0.1) is 0 Å². The van der Waals surface area contributed by atoms with E-state index in [9.17, 15) is 10.2 Å². The lowest BCUT2D eigenvalue weighted by Gasteiger charge is -2.22. The van der Waals surface area contributed by atoms with Crippen molar-refractivity contribution < 1.29 is 10.2 Å². The molecule has 0 aliphatic rings. The average molecular weight is 490 g/mol. The van der Waals surface area contributed by atoms with Crippen LogP contribution >= 0.6 is 0 Å². The zero-order chi connectivity index (χ0) is 25.4. The summed E-state index contributed by atoms with van der Waals surface area (Å²) in [4.78, 5) is 2.64. The van der Waals surface area contributed by atoms with Crippen molar-refractivity contribution in [1.29, 1.82) is 0 Å². The van der Waals surface area contributed by atoms with E-state index in [2.05, 4.69) is 18.7 Å². The van der Waals surface area contributed by atoms with E-state index >= 15 is 0 Å². The molecule has 0 fully saturated rings. The van der Waals surface area contributed by atoms with E-state index < -0.39 is 0 Å². The molecule has 0 atom stereocenters. The third kappa shape index (κ3) is 18.7. The van der Waals surface area contributed by atoms with Crippen LogP contribution in [0.5, 0.6) is 11.5 Å². The standard InChI is InChI=1S/C32H59NO2/c1-3-5-7-9-11-13-15-17-19-21-26-33(28-25-30-23-24-31(34)32(35)29-30)27-22-20-18-16-14-12-10-8-6-4-2/h23-24,29,34-35H,3-22,25-28H2,1-2H3. The van der Waals surface area contributed by atoms with Crippen molar-refractivity contribution in [3.8, 4) is 11.5 Å². The average Bonchev–Trinajstić information content (AvgIpc) is 2.86. The minimum atomic E-state index is -0.0265. The van der Waals surface area contributed by atoms with E-state index in [0.717, 1.165) is 18.5 Å². The largest absolute Gasteiger partial charge is 0.504 e. The van der Waals surface area contributed by atoms with Crippen LogP contribution in [0.1, 0.15) is 148 Å². The van der Waals surface area contributed by atoms with Crippen LogP contribution in [0.15, 0.2) is 18.2 Å². The number of hydrogen-bond donors (Lipinski definition) is 2. The van der Waals surface area contributed by atoms with Gasteiger partial charge in [0.15, 0.2) is 11.5 Å². The van der Waals surface area contributed by atoms with E-state index in [0.29, 0.717) is 0 Å². The molecule has 0 radical (unpaired) electrons. The number of unbranched alkanes of at least 4 members (excludes halogenated alkanes) is 18. The topological polar surface area (TPSA) is 43.7 Å². The summed E-state index contributed by atoms with van der Waals surface area (Å²) in [6, 6.07) is 5.27. The molecular formula is C32H59NO2. The van der Waals surface area contributed by atoms with E-state index in [-0.39, 0.29) is 11.5 Å². The Hall–Kier alpha value is -1.22. The van der Waals surface area contributed by atoms with Crippen molar-refractivity contribution in [2.45, 2.75) is 149 Å². The van der Waals surface area contributed by atoms with Crippen LogP contribution in [-0.2, 0) is 6.42 Å². The monoisotopic (exact) mass is 489 g/mol. The molecule has 1 aromatic rings. The van der Waals surface area contributed by atoms with Crippen molar-refractivity contribution >= 4 is 0 Å². The maximum Gasteiger partial charge on any atom is 0.157 e. The Bertz CT molecular complexity index is 565. The molecule has 0 heterocycles. The first kappa shape index (κ1) is 31.8. The molecule has 0 aliphatic carbocycles. The Morgan fingerprint density at radius 2 is 0.886 bits per heavy atom. The predicted molar refractivity (Wildman–Crippen MR) is 154 cm³/mol. The molecule has 1 rings (SSSR count). The molecule has 0 aromatic heterocycles. The lowest BCUT2D eigenvalue weighted by molar-refractivity contribution is 0.263. The molecule has 0 saturated heterocycles. The van der Waals surface area contributed by atoms with Gasteiger partial charge < -0.3 is 15.1 Å². The van der Waals surface area contributed by atoms with Gasteiger partial charge in [0.1, 0.15) is 0 Å². The normalized spacial score (nSPS) is 11.5. The Morgan fingerprint density at radius 3 is 1.29 bits per heavy atom. The van der Waals surface area contributed by atoms with Crippen LogP contribution in [0.2, 0.25) is 0 Å². The van der Waals surface area contributed by atoms with Crippen LogP contribution < -0.4 is 0 Å². The second kappa shape index (κ2) is 23.2. The van der Waals surface area contributed by atoms with Gasteiger partial charge in [0, 0.05) is 6.54 Å². The van der Waals surface area contributed by atoms with Gasteiger partial charge in [0.05, 0.1) is 0 Å². The van der Waals surface area contributed by atoms with Crippen molar-refractivity contribution in [1.82, 2.24) is 4.90 Å². The first-order valence-corrected chi connectivity index (χ1v) is 15.4. The van der Waals surface area contributed by atoms with Crippen LogP contribution in [0.25, 0.3) is 0 Å². The van der Waals surface area contributed by atoms with Crippen molar-refractivity contribution in [2.24, 2.45) is 0 Å². The number of benzene rings is 1. The van der Waals surface area contributed by atoms with Crippen LogP contribution in [-0.4, -0.2) is 34.7 Å². The van der Waals surface area contributed by atoms with Gasteiger partial charge in [-0.2, -0.15) is 0 Å². The van der Waals surface area contributed by atoms with Gasteiger partial charge >= 0.3 is 0 Å². The zero-order valence-electron chi connectivity index (χ0n) is 23.5. The zero-order valence-corrected chi connectivity index (χ0v) is 23.5. The third-order valence-corrected chi connectivity index (χ3v) is 7.41. The van der Waals surface area contributed by atoms with Crippen LogP contribution in [0, 0.1) is 0 Å². The molecule has 0 amide bonds. The van der Waals surface area contributed by atoms with E-state index in [1.165, 1.54) is 142 Å². The summed E-state index contributed by atoms with van der Waals surface area (Å²) in [5, 5.41) is 19.4. The molecule has 35 heavy (non-hydrogen) atoms. The summed E-state index contributed by atoms with van der Waals surface area (Å²) in [6.45, 7) is 8.00. The lowest BCUT2D eigenvalue weighted by Crippen LogP contribution is -2.28. The first-order chi connectivity index (χ1) is 17.2. The quantitative estimate of drug-likeness (QED) is 0.106. The van der Waals surface area contributed by atoms with Crippen molar-refractivity contribution in [3.63, 3.8) is 0 Å². The highest BCUT2D eigenvalue weighted by molar-refractivity contribution is 5.40. The lowest BCUT2D eigenvalue weighted by atomic mass is 10.1. The minimum absolute atomic E-state index is 0.00145. The van der Waals surface area contributed by atoms with E-state index in [1.54, 1.807) is 12.1 Å². The van der Waals surface area contributed by atoms with Gasteiger partial charge in [-0.1, -0.05) is 135 Å². The number of hydrogen-bond acceptors (Lipinski definition) is 3. The summed E-state index contributed by atoms with van der Waals surface area (Å²) < 4.78 is 0. The van der Waals surface area contributed by atoms with Crippen molar-refractivity contribution in [3.05, 3.63) is 23.8 Å². The minimum Gasteiger partial charge on any atom is -0.504 e. The SMILES string of the molecule is CCCCCCCCCCCCN(CCCCCCCCCCCC)CCc1ccc(O)c(O)c1. The molecule has 0 bridgehead atoms. The molecule has 204 valence electrons. The summed E-state index contributed by atoms with van der Waals surface area (Å²) in [6.07, 6.45) is 28.6. The van der Waals surface area contributed by atoms with Crippen LogP contribution in [0.3, 0.4) is 0 Å². The van der Waals surface area contributed by atoms with Crippen molar-refractivity contribution in [2.75, 3.05) is 19.6 Å². The van der Waals surface area contributed by atoms with E-state index in [1.807, 2.05) is 6.07 Å². The van der Waals surface area contributed by atoms with Gasteiger partial charge in [0.25, 0.3) is 0 Å². The van der Waals surface area contributed by atoms with E-state index in [4.69, 9.17) is 0 Å². The second-order valence-corrected chi connectivity index (χ2v) is 10.8.